The van der Waals surface area contributed by atoms with E-state index in [1.165, 1.54) is 12.1 Å². The van der Waals surface area contributed by atoms with Gasteiger partial charge in [0.15, 0.2) is 11.5 Å². The normalized spacial score (nSPS) is 14.8. The first-order chi connectivity index (χ1) is 15.2. The van der Waals surface area contributed by atoms with E-state index in [0.29, 0.717) is 41.4 Å². The minimum Gasteiger partial charge on any atom is -0.504 e. The molecule has 0 atom stereocenters. The van der Waals surface area contributed by atoms with Crippen molar-refractivity contribution in [3.63, 3.8) is 0 Å². The van der Waals surface area contributed by atoms with Crippen LogP contribution < -0.4 is 4.74 Å². The average Bonchev–Trinajstić information content (AvgIpc) is 3.15. The zero-order valence-electron chi connectivity index (χ0n) is 16.8. The molecule has 0 unspecified atom stereocenters. The van der Waals surface area contributed by atoms with Crippen LogP contribution in [0.3, 0.4) is 0 Å². The van der Waals surface area contributed by atoms with Gasteiger partial charge in [-0.2, -0.15) is 13.2 Å². The Bertz CT molecular complexity index is 1110. The Labute approximate surface area is 186 Å². The third-order valence-corrected chi connectivity index (χ3v) is 6.38. The van der Waals surface area contributed by atoms with Crippen molar-refractivity contribution in [3.8, 4) is 22.6 Å². The van der Waals surface area contributed by atoms with E-state index in [0.717, 1.165) is 5.56 Å². The van der Waals surface area contributed by atoms with Gasteiger partial charge < -0.3 is 14.9 Å². The topological polar surface area (TPSA) is 70.0 Å². The van der Waals surface area contributed by atoms with E-state index in [1.807, 2.05) is 4.90 Å². The fourth-order valence-electron chi connectivity index (χ4n) is 3.60. The van der Waals surface area contributed by atoms with Gasteiger partial charge in [-0.3, -0.25) is 9.69 Å². The summed E-state index contributed by atoms with van der Waals surface area (Å²) in [6.45, 7) is 1.30. The van der Waals surface area contributed by atoms with Crippen molar-refractivity contribution in [1.29, 1.82) is 0 Å². The highest BCUT2D eigenvalue weighted by Gasteiger charge is 2.36. The number of halogens is 3. The summed E-state index contributed by atoms with van der Waals surface area (Å²) in [5, 5.41) is 19.2. The molecule has 168 valence electrons. The van der Waals surface area contributed by atoms with Gasteiger partial charge in [-0.1, -0.05) is 36.4 Å². The Kier molecular flexibility index (Phi) is 6.12. The lowest BCUT2D eigenvalue weighted by Gasteiger charge is -2.36. The lowest BCUT2D eigenvalue weighted by molar-refractivity contribution is -0.147. The molecule has 1 aliphatic heterocycles. The van der Waals surface area contributed by atoms with Gasteiger partial charge in [-0.25, -0.2) is 0 Å². The van der Waals surface area contributed by atoms with E-state index in [1.54, 1.807) is 42.5 Å². The minimum atomic E-state index is -4.48. The van der Waals surface area contributed by atoms with Crippen molar-refractivity contribution in [2.75, 3.05) is 13.1 Å². The van der Waals surface area contributed by atoms with Crippen LogP contribution in [0.15, 0.2) is 54.6 Å². The molecule has 9 heteroatoms. The number of aliphatic carboxylic acids is 1. The summed E-state index contributed by atoms with van der Waals surface area (Å²) in [5.41, 5.74) is 1.38. The van der Waals surface area contributed by atoms with Gasteiger partial charge in [0.2, 0.25) is 0 Å². The molecule has 1 aliphatic rings. The number of likely N-dealkylation sites (tertiary alicyclic amines) is 1. The molecule has 0 aliphatic carbocycles. The molecule has 1 saturated heterocycles. The van der Waals surface area contributed by atoms with Crippen LogP contribution >= 0.6 is 11.3 Å². The molecule has 0 spiro atoms. The van der Waals surface area contributed by atoms with Gasteiger partial charge >= 0.3 is 12.1 Å². The molecule has 3 aromatic rings. The van der Waals surface area contributed by atoms with Crippen LogP contribution in [0.1, 0.15) is 15.3 Å². The second kappa shape index (κ2) is 8.84. The zero-order chi connectivity index (χ0) is 22.9. The Morgan fingerprint density at radius 1 is 1.12 bits per heavy atom. The quantitative estimate of drug-likeness (QED) is 0.502. The highest BCUT2D eigenvalue weighted by atomic mass is 32.1. The number of phenols is 1. The first-order valence-electron chi connectivity index (χ1n) is 9.86. The summed E-state index contributed by atoms with van der Waals surface area (Å²) in [4.78, 5) is 12.5. The number of carboxylic acids is 1. The van der Waals surface area contributed by atoms with Gasteiger partial charge in [0.25, 0.3) is 0 Å². The fourth-order valence-corrected chi connectivity index (χ4v) is 4.56. The molecule has 1 fully saturated rings. The maximum atomic E-state index is 13.5. The van der Waals surface area contributed by atoms with E-state index in [9.17, 15) is 23.1 Å². The molecule has 0 bridgehead atoms. The van der Waals surface area contributed by atoms with Gasteiger partial charge in [0.1, 0.15) is 11.5 Å². The number of hydrogen-bond donors (Lipinski definition) is 2. The van der Waals surface area contributed by atoms with E-state index in [2.05, 4.69) is 0 Å². The molecular weight excluding hydrogens is 443 g/mol. The van der Waals surface area contributed by atoms with E-state index >= 15 is 0 Å². The van der Waals surface area contributed by atoms with E-state index in [-0.39, 0.29) is 29.6 Å². The molecule has 4 rings (SSSR count). The molecule has 2 aromatic carbocycles. The number of carboxylic acid groups (broad SMARTS) is 1. The average molecular weight is 463 g/mol. The highest BCUT2D eigenvalue weighted by molar-refractivity contribution is 7.12. The SMILES string of the molecule is O=C(O)C1CN(Cc2ccc(OCc3cc(-c4ccccc4)c(C(F)(F)F)s3)c(O)c2)C1. The van der Waals surface area contributed by atoms with Crippen LogP contribution in [0.4, 0.5) is 13.2 Å². The molecule has 1 aromatic heterocycles. The zero-order valence-corrected chi connectivity index (χ0v) is 17.6. The molecule has 0 radical (unpaired) electrons. The number of phenolic OH excluding ortho intramolecular Hbond substituents is 1. The second-order valence-electron chi connectivity index (χ2n) is 7.64. The van der Waals surface area contributed by atoms with Gasteiger partial charge in [-0.15, -0.1) is 11.3 Å². The number of aromatic hydroxyl groups is 1. The van der Waals surface area contributed by atoms with Crippen LogP contribution in [-0.2, 0) is 24.1 Å². The molecule has 0 amide bonds. The van der Waals surface area contributed by atoms with Gasteiger partial charge in [-0.05, 0) is 29.3 Å². The maximum Gasteiger partial charge on any atom is 0.426 e. The van der Waals surface area contributed by atoms with Gasteiger partial charge in [0.05, 0.1) is 5.92 Å². The Balaban J connectivity index is 1.43. The second-order valence-corrected chi connectivity index (χ2v) is 8.78. The molecule has 2 heterocycles. The van der Waals surface area contributed by atoms with Crippen LogP contribution in [0.25, 0.3) is 11.1 Å². The molecule has 32 heavy (non-hydrogen) atoms. The molecule has 0 saturated carbocycles. The summed E-state index contributed by atoms with van der Waals surface area (Å²) in [5.74, 6) is -1.12. The van der Waals surface area contributed by atoms with Crippen molar-refractivity contribution in [3.05, 3.63) is 69.9 Å². The molecule has 2 N–H and O–H groups in total. The number of carbonyl (C=O) groups is 1. The van der Waals surface area contributed by atoms with Crippen molar-refractivity contribution >= 4 is 17.3 Å². The van der Waals surface area contributed by atoms with Gasteiger partial charge in [0, 0.05) is 30.1 Å². The van der Waals surface area contributed by atoms with Crippen LogP contribution in [0.2, 0.25) is 0 Å². The largest absolute Gasteiger partial charge is 0.504 e. The summed E-state index contributed by atoms with van der Waals surface area (Å²) < 4.78 is 46.1. The fraction of sp³-hybridized carbons (Fsp3) is 0.261. The number of nitrogens with zero attached hydrogens (tertiary/aromatic N) is 1. The predicted octanol–water partition coefficient (Wildman–Crippen LogP) is 5.23. The maximum absolute atomic E-state index is 13.5. The number of rotatable bonds is 7. The van der Waals surface area contributed by atoms with Crippen molar-refractivity contribution in [2.45, 2.75) is 19.3 Å². The summed E-state index contributed by atoms with van der Waals surface area (Å²) in [6, 6.07) is 14.7. The van der Waals surface area contributed by atoms with Crippen LogP contribution in [-0.4, -0.2) is 34.2 Å². The number of alkyl halides is 3. The summed E-state index contributed by atoms with van der Waals surface area (Å²) >= 11 is 0.625. The summed E-state index contributed by atoms with van der Waals surface area (Å²) in [6.07, 6.45) is -4.48. The monoisotopic (exact) mass is 463 g/mol. The lowest BCUT2D eigenvalue weighted by Crippen LogP contribution is -2.49. The summed E-state index contributed by atoms with van der Waals surface area (Å²) in [7, 11) is 0. The number of hydrogen-bond acceptors (Lipinski definition) is 5. The number of ether oxygens (including phenoxy) is 1. The minimum absolute atomic E-state index is 0.107. The first-order valence-corrected chi connectivity index (χ1v) is 10.7. The van der Waals surface area contributed by atoms with Crippen LogP contribution in [0.5, 0.6) is 11.5 Å². The molecule has 5 nitrogen and oxygen atoms in total. The first kappa shape index (κ1) is 22.2. The third kappa shape index (κ3) is 4.89. The lowest BCUT2D eigenvalue weighted by atomic mass is 9.99. The van der Waals surface area contributed by atoms with E-state index < -0.39 is 17.0 Å². The van der Waals surface area contributed by atoms with Crippen molar-refractivity contribution in [1.82, 2.24) is 4.90 Å². The van der Waals surface area contributed by atoms with Crippen molar-refractivity contribution < 1.29 is 32.9 Å². The Hall–Kier alpha value is -3.04. The predicted molar refractivity (Wildman–Crippen MR) is 114 cm³/mol. The Morgan fingerprint density at radius 3 is 2.47 bits per heavy atom. The number of thiophene rings is 1. The van der Waals surface area contributed by atoms with E-state index in [4.69, 9.17) is 9.84 Å². The van der Waals surface area contributed by atoms with Crippen LogP contribution in [0, 0.1) is 5.92 Å². The smallest absolute Gasteiger partial charge is 0.426 e. The third-order valence-electron chi connectivity index (χ3n) is 5.23. The van der Waals surface area contributed by atoms with Crippen molar-refractivity contribution in [2.24, 2.45) is 5.92 Å². The molecular formula is C23H20F3NO4S. The highest BCUT2D eigenvalue weighted by Crippen LogP contribution is 2.43. The standard InChI is InChI=1S/C23H20F3NO4S/c24-23(25,26)21-18(15-4-2-1-3-5-15)9-17(32-21)13-31-20-7-6-14(8-19(20)28)10-27-11-16(12-27)22(29)30/h1-9,16,28H,10-13H2,(H,29,30). The number of benzene rings is 2. The Morgan fingerprint density at radius 2 is 1.84 bits per heavy atom.